The van der Waals surface area contributed by atoms with E-state index in [0.29, 0.717) is 23.9 Å². The van der Waals surface area contributed by atoms with Gasteiger partial charge in [0.05, 0.1) is 24.1 Å². The molecule has 0 amide bonds. The highest BCUT2D eigenvalue weighted by Gasteiger charge is 2.23. The number of imidazole rings is 1. The lowest BCUT2D eigenvalue weighted by Gasteiger charge is -2.06. The van der Waals surface area contributed by atoms with Crippen molar-refractivity contribution in [3.05, 3.63) is 39.7 Å². The van der Waals surface area contributed by atoms with Gasteiger partial charge in [0.15, 0.2) is 0 Å². The molecule has 1 N–H and O–H groups in total. The highest BCUT2D eigenvalue weighted by Crippen LogP contribution is 2.23. The van der Waals surface area contributed by atoms with Crippen LogP contribution >= 0.6 is 0 Å². The zero-order valence-electron chi connectivity index (χ0n) is 10.9. The van der Waals surface area contributed by atoms with Gasteiger partial charge in [0.2, 0.25) is 11.6 Å². The molecule has 8 nitrogen and oxygen atoms in total. The molecule has 0 spiro atoms. The maximum Gasteiger partial charge on any atom is 0.406 e. The van der Waals surface area contributed by atoms with Gasteiger partial charge in [-0.1, -0.05) is 0 Å². The van der Waals surface area contributed by atoms with Crippen molar-refractivity contribution in [1.82, 2.24) is 19.5 Å². The summed E-state index contributed by atoms with van der Waals surface area (Å²) >= 11 is 0. The second-order valence-electron chi connectivity index (χ2n) is 4.15. The Morgan fingerprint density at radius 1 is 1.37 bits per heavy atom. The Morgan fingerprint density at radius 3 is 2.68 bits per heavy atom. The van der Waals surface area contributed by atoms with Crippen molar-refractivity contribution < 1.29 is 4.92 Å². The van der Waals surface area contributed by atoms with Crippen LogP contribution in [0.25, 0.3) is 0 Å². The second kappa shape index (κ2) is 5.01. The molecule has 8 heteroatoms. The van der Waals surface area contributed by atoms with Crippen LogP contribution in [0, 0.1) is 24.0 Å². The Kier molecular flexibility index (Phi) is 3.41. The largest absolute Gasteiger partial charge is 0.406 e. The quantitative estimate of drug-likeness (QED) is 0.659. The SMILES string of the molecule is Cc1cnc(CNc2c([N+](=O)[O-])nc(C)n2C)cn1. The predicted molar refractivity (Wildman–Crippen MR) is 68.7 cm³/mol. The van der Waals surface area contributed by atoms with E-state index in [2.05, 4.69) is 20.3 Å². The summed E-state index contributed by atoms with van der Waals surface area (Å²) in [6, 6.07) is 0. The van der Waals surface area contributed by atoms with Crippen LogP contribution in [-0.2, 0) is 13.6 Å². The van der Waals surface area contributed by atoms with Crippen molar-refractivity contribution in [2.75, 3.05) is 5.32 Å². The summed E-state index contributed by atoms with van der Waals surface area (Å²) in [4.78, 5) is 22.6. The Hall–Kier alpha value is -2.51. The molecule has 0 bridgehead atoms. The van der Waals surface area contributed by atoms with Gasteiger partial charge in [-0.05, 0) is 16.8 Å². The third kappa shape index (κ3) is 2.67. The van der Waals surface area contributed by atoms with Gasteiger partial charge < -0.3 is 15.4 Å². The molecule has 0 aliphatic heterocycles. The molecule has 0 unspecified atom stereocenters. The second-order valence-corrected chi connectivity index (χ2v) is 4.15. The van der Waals surface area contributed by atoms with Crippen molar-refractivity contribution >= 4 is 11.6 Å². The summed E-state index contributed by atoms with van der Waals surface area (Å²) in [7, 11) is 1.72. The summed E-state index contributed by atoms with van der Waals surface area (Å²) in [6.45, 7) is 3.91. The fraction of sp³-hybridized carbons (Fsp3) is 0.364. The van der Waals surface area contributed by atoms with Crippen LogP contribution < -0.4 is 5.32 Å². The molecular formula is C11H14N6O2. The molecule has 2 rings (SSSR count). The lowest BCUT2D eigenvalue weighted by atomic mass is 10.4. The number of anilines is 1. The maximum absolute atomic E-state index is 10.9. The highest BCUT2D eigenvalue weighted by molar-refractivity contribution is 5.53. The molecule has 100 valence electrons. The Morgan fingerprint density at radius 2 is 2.11 bits per heavy atom. The van der Waals surface area contributed by atoms with E-state index in [-0.39, 0.29) is 5.82 Å². The first kappa shape index (κ1) is 12.9. The predicted octanol–water partition coefficient (Wildman–Crippen LogP) is 1.35. The molecule has 0 atom stereocenters. The van der Waals surface area contributed by atoms with E-state index in [4.69, 9.17) is 0 Å². The number of hydrogen-bond donors (Lipinski definition) is 1. The van der Waals surface area contributed by atoms with Crippen molar-refractivity contribution in [3.8, 4) is 0 Å². The number of nitrogens with zero attached hydrogens (tertiary/aromatic N) is 5. The topological polar surface area (TPSA) is 98.8 Å². The van der Waals surface area contributed by atoms with Gasteiger partial charge in [-0.25, -0.2) is 0 Å². The molecule has 2 heterocycles. The zero-order valence-corrected chi connectivity index (χ0v) is 10.9. The van der Waals surface area contributed by atoms with E-state index < -0.39 is 4.92 Å². The molecule has 0 saturated heterocycles. The molecule has 0 aliphatic rings. The molecule has 0 aliphatic carbocycles. The van der Waals surface area contributed by atoms with Crippen LogP contribution in [0.5, 0.6) is 0 Å². The Labute approximate surface area is 109 Å². The Balaban J connectivity index is 2.19. The van der Waals surface area contributed by atoms with Gasteiger partial charge in [0, 0.05) is 20.2 Å². The monoisotopic (exact) mass is 262 g/mol. The first-order chi connectivity index (χ1) is 8.99. The molecule has 0 radical (unpaired) electrons. The number of rotatable bonds is 4. The minimum Gasteiger partial charge on any atom is -0.359 e. The lowest BCUT2D eigenvalue weighted by molar-refractivity contribution is -0.388. The number of aromatic nitrogens is 4. The first-order valence-electron chi connectivity index (χ1n) is 5.68. The number of hydrogen-bond acceptors (Lipinski definition) is 6. The van der Waals surface area contributed by atoms with Crippen LogP contribution in [-0.4, -0.2) is 24.4 Å². The smallest absolute Gasteiger partial charge is 0.359 e. The van der Waals surface area contributed by atoms with Crippen molar-refractivity contribution in [2.45, 2.75) is 20.4 Å². The fourth-order valence-electron chi connectivity index (χ4n) is 1.60. The van der Waals surface area contributed by atoms with E-state index in [1.54, 1.807) is 30.9 Å². The summed E-state index contributed by atoms with van der Waals surface area (Å²) in [5.41, 5.74) is 1.53. The summed E-state index contributed by atoms with van der Waals surface area (Å²) in [6.07, 6.45) is 3.29. The molecule has 19 heavy (non-hydrogen) atoms. The normalized spacial score (nSPS) is 10.5. The van der Waals surface area contributed by atoms with Crippen LogP contribution in [0.15, 0.2) is 12.4 Å². The van der Waals surface area contributed by atoms with Gasteiger partial charge in [-0.15, -0.1) is 0 Å². The third-order valence-corrected chi connectivity index (χ3v) is 2.74. The third-order valence-electron chi connectivity index (χ3n) is 2.74. The standard InChI is InChI=1S/C11H14N6O2/c1-7-4-13-9(5-12-7)6-14-10-11(17(18)19)15-8(2)16(10)3/h4-5,14H,6H2,1-3H3. The average Bonchev–Trinajstić information content (AvgIpc) is 2.66. The van der Waals surface area contributed by atoms with Crippen LogP contribution in [0.2, 0.25) is 0 Å². The fourth-order valence-corrected chi connectivity index (χ4v) is 1.60. The summed E-state index contributed by atoms with van der Waals surface area (Å²) < 4.78 is 1.64. The number of aryl methyl sites for hydroxylation is 2. The van der Waals surface area contributed by atoms with Crippen molar-refractivity contribution in [3.63, 3.8) is 0 Å². The molecular weight excluding hydrogens is 248 g/mol. The lowest BCUT2D eigenvalue weighted by Crippen LogP contribution is -2.08. The minimum atomic E-state index is -0.504. The summed E-state index contributed by atoms with van der Waals surface area (Å²) in [5.74, 6) is 0.758. The van der Waals surface area contributed by atoms with Gasteiger partial charge in [-0.3, -0.25) is 14.5 Å². The molecule has 0 aromatic carbocycles. The molecule has 0 fully saturated rings. The zero-order chi connectivity index (χ0) is 14.0. The van der Waals surface area contributed by atoms with Gasteiger partial charge in [0.25, 0.3) is 0 Å². The van der Waals surface area contributed by atoms with E-state index in [1.165, 1.54) is 0 Å². The van der Waals surface area contributed by atoms with Gasteiger partial charge >= 0.3 is 5.82 Å². The van der Waals surface area contributed by atoms with E-state index >= 15 is 0 Å². The van der Waals surface area contributed by atoms with E-state index in [0.717, 1.165) is 5.69 Å². The van der Waals surface area contributed by atoms with Gasteiger partial charge in [0.1, 0.15) is 0 Å². The van der Waals surface area contributed by atoms with E-state index in [1.807, 2.05) is 6.92 Å². The number of nitro groups is 1. The van der Waals surface area contributed by atoms with Crippen molar-refractivity contribution in [2.24, 2.45) is 7.05 Å². The van der Waals surface area contributed by atoms with E-state index in [9.17, 15) is 10.1 Å². The first-order valence-corrected chi connectivity index (χ1v) is 5.68. The molecule has 0 saturated carbocycles. The van der Waals surface area contributed by atoms with Crippen LogP contribution in [0.3, 0.4) is 0 Å². The maximum atomic E-state index is 10.9. The minimum absolute atomic E-state index is 0.180. The highest BCUT2D eigenvalue weighted by atomic mass is 16.6. The number of nitrogens with one attached hydrogen (secondary N) is 1. The van der Waals surface area contributed by atoms with Gasteiger partial charge in [-0.2, -0.15) is 0 Å². The van der Waals surface area contributed by atoms with Crippen LogP contribution in [0.1, 0.15) is 17.2 Å². The molecule has 2 aromatic rings. The van der Waals surface area contributed by atoms with Crippen LogP contribution in [0.4, 0.5) is 11.6 Å². The van der Waals surface area contributed by atoms with Crippen molar-refractivity contribution in [1.29, 1.82) is 0 Å². The summed E-state index contributed by atoms with van der Waals surface area (Å²) in [5, 5.41) is 13.9. The Bertz CT molecular complexity index is 604. The molecule has 2 aromatic heterocycles. The average molecular weight is 262 g/mol.